The Bertz CT molecular complexity index is 365. The highest BCUT2D eigenvalue weighted by Crippen LogP contribution is 2.45. The largest absolute Gasteiger partial charge is 0.375 e. The number of anilines is 1. The molecule has 0 saturated carbocycles. The highest BCUT2D eigenvalue weighted by Gasteiger charge is 2.39. The predicted octanol–water partition coefficient (Wildman–Crippen LogP) is 2.47. The van der Waals surface area contributed by atoms with Crippen molar-refractivity contribution in [2.45, 2.75) is 25.3 Å². The molecule has 1 heterocycles. The highest BCUT2D eigenvalue weighted by molar-refractivity contribution is 5.66. The second-order valence-corrected chi connectivity index (χ2v) is 4.10. The van der Waals surface area contributed by atoms with Crippen LogP contribution in [0.15, 0.2) is 18.2 Å². The van der Waals surface area contributed by atoms with Gasteiger partial charge in [-0.3, -0.25) is 0 Å². The van der Waals surface area contributed by atoms with Crippen LogP contribution in [0.3, 0.4) is 0 Å². The SMILES string of the molecule is CCC1(CCNC)Nc2cc(F)ccc21. The van der Waals surface area contributed by atoms with Crippen LogP contribution in [-0.4, -0.2) is 13.6 Å². The highest BCUT2D eigenvalue weighted by atomic mass is 19.1. The Kier molecular flexibility index (Phi) is 2.65. The molecule has 0 amide bonds. The molecular formula is C12H17FN2. The molecule has 82 valence electrons. The van der Waals surface area contributed by atoms with Crippen molar-refractivity contribution in [3.63, 3.8) is 0 Å². The molecule has 1 aromatic rings. The number of hydrogen-bond acceptors (Lipinski definition) is 2. The third-order valence-electron chi connectivity index (χ3n) is 3.28. The van der Waals surface area contributed by atoms with Crippen molar-refractivity contribution >= 4 is 5.69 Å². The number of fused-ring (bicyclic) bond motifs is 1. The molecule has 2 N–H and O–H groups in total. The lowest BCUT2D eigenvalue weighted by Crippen LogP contribution is -2.45. The Morgan fingerprint density at radius 3 is 2.87 bits per heavy atom. The molecule has 1 atom stereocenters. The normalized spacial score (nSPS) is 22.9. The van der Waals surface area contributed by atoms with E-state index in [1.165, 1.54) is 5.56 Å². The summed E-state index contributed by atoms with van der Waals surface area (Å²) < 4.78 is 12.9. The van der Waals surface area contributed by atoms with Crippen molar-refractivity contribution in [2.75, 3.05) is 18.9 Å². The summed E-state index contributed by atoms with van der Waals surface area (Å²) in [7, 11) is 1.95. The van der Waals surface area contributed by atoms with E-state index in [1.54, 1.807) is 12.1 Å². The van der Waals surface area contributed by atoms with Crippen LogP contribution in [0.25, 0.3) is 0 Å². The first-order valence-corrected chi connectivity index (χ1v) is 5.44. The van der Waals surface area contributed by atoms with Gasteiger partial charge in [-0.1, -0.05) is 13.0 Å². The first-order chi connectivity index (χ1) is 7.22. The van der Waals surface area contributed by atoms with Crippen molar-refractivity contribution in [1.82, 2.24) is 5.32 Å². The Morgan fingerprint density at radius 2 is 2.27 bits per heavy atom. The fourth-order valence-corrected chi connectivity index (χ4v) is 2.29. The molecule has 15 heavy (non-hydrogen) atoms. The lowest BCUT2D eigenvalue weighted by molar-refractivity contribution is 0.397. The average molecular weight is 208 g/mol. The van der Waals surface area contributed by atoms with Crippen LogP contribution in [-0.2, 0) is 5.54 Å². The maximum Gasteiger partial charge on any atom is 0.125 e. The molecule has 1 aromatic carbocycles. The molecule has 0 aliphatic carbocycles. The van der Waals surface area contributed by atoms with Gasteiger partial charge in [0.05, 0.1) is 5.54 Å². The van der Waals surface area contributed by atoms with Gasteiger partial charge in [-0.05, 0) is 38.6 Å². The van der Waals surface area contributed by atoms with Crippen LogP contribution in [0.5, 0.6) is 0 Å². The zero-order valence-corrected chi connectivity index (χ0v) is 9.23. The fourth-order valence-electron chi connectivity index (χ4n) is 2.29. The molecule has 0 fully saturated rings. The molecule has 0 radical (unpaired) electrons. The van der Waals surface area contributed by atoms with Crippen LogP contribution in [0.1, 0.15) is 25.3 Å². The maximum absolute atomic E-state index is 12.9. The van der Waals surface area contributed by atoms with Gasteiger partial charge in [0.25, 0.3) is 0 Å². The molecule has 3 heteroatoms. The van der Waals surface area contributed by atoms with E-state index in [0.717, 1.165) is 25.1 Å². The van der Waals surface area contributed by atoms with Gasteiger partial charge < -0.3 is 10.6 Å². The van der Waals surface area contributed by atoms with Crippen LogP contribution in [0.2, 0.25) is 0 Å². The van der Waals surface area contributed by atoms with Gasteiger partial charge >= 0.3 is 0 Å². The van der Waals surface area contributed by atoms with Crippen LogP contribution >= 0.6 is 0 Å². The Labute approximate surface area is 89.9 Å². The van der Waals surface area contributed by atoms with Crippen molar-refractivity contribution in [3.8, 4) is 0 Å². The minimum Gasteiger partial charge on any atom is -0.375 e. The van der Waals surface area contributed by atoms with Gasteiger partial charge in [-0.25, -0.2) is 4.39 Å². The van der Waals surface area contributed by atoms with Gasteiger partial charge in [-0.2, -0.15) is 0 Å². The molecular weight excluding hydrogens is 191 g/mol. The second-order valence-electron chi connectivity index (χ2n) is 4.10. The van der Waals surface area contributed by atoms with Crippen LogP contribution in [0, 0.1) is 5.82 Å². The Hall–Kier alpha value is -1.09. The van der Waals surface area contributed by atoms with Gasteiger partial charge in [0.2, 0.25) is 0 Å². The van der Waals surface area contributed by atoms with E-state index in [-0.39, 0.29) is 11.4 Å². The average Bonchev–Trinajstić information content (AvgIpc) is 2.21. The third kappa shape index (κ3) is 1.61. The molecule has 2 rings (SSSR count). The van der Waals surface area contributed by atoms with E-state index in [2.05, 4.69) is 17.6 Å². The van der Waals surface area contributed by atoms with Crippen molar-refractivity contribution in [3.05, 3.63) is 29.6 Å². The number of hydrogen-bond donors (Lipinski definition) is 2. The second kappa shape index (κ2) is 3.81. The summed E-state index contributed by atoms with van der Waals surface area (Å²) in [5.41, 5.74) is 2.26. The quantitative estimate of drug-likeness (QED) is 0.794. The van der Waals surface area contributed by atoms with Crippen molar-refractivity contribution < 1.29 is 4.39 Å². The lowest BCUT2D eigenvalue weighted by Gasteiger charge is -2.45. The Morgan fingerprint density at radius 1 is 1.47 bits per heavy atom. The van der Waals surface area contributed by atoms with E-state index in [4.69, 9.17) is 0 Å². The molecule has 0 bridgehead atoms. The standard InChI is InChI=1S/C12H17FN2/c1-3-12(6-7-14-2)10-5-4-9(13)8-11(10)15-12/h4-5,8,14-15H,3,6-7H2,1-2H3. The number of halogens is 1. The predicted molar refractivity (Wildman–Crippen MR) is 60.5 cm³/mol. The molecule has 1 aliphatic rings. The smallest absolute Gasteiger partial charge is 0.125 e. The first kappa shape index (κ1) is 10.4. The van der Waals surface area contributed by atoms with Crippen molar-refractivity contribution in [2.24, 2.45) is 0 Å². The maximum atomic E-state index is 12.9. The number of nitrogens with one attached hydrogen (secondary N) is 2. The summed E-state index contributed by atoms with van der Waals surface area (Å²) >= 11 is 0. The van der Waals surface area contributed by atoms with E-state index >= 15 is 0 Å². The minimum absolute atomic E-state index is 0.0616. The summed E-state index contributed by atoms with van der Waals surface area (Å²) in [5, 5.41) is 6.54. The molecule has 1 aliphatic heterocycles. The van der Waals surface area contributed by atoms with Crippen LogP contribution < -0.4 is 10.6 Å². The first-order valence-electron chi connectivity index (χ1n) is 5.44. The fraction of sp³-hybridized carbons (Fsp3) is 0.500. The van der Waals surface area contributed by atoms with Crippen molar-refractivity contribution in [1.29, 1.82) is 0 Å². The summed E-state index contributed by atoms with van der Waals surface area (Å²) in [4.78, 5) is 0. The number of rotatable bonds is 4. The molecule has 0 spiro atoms. The summed E-state index contributed by atoms with van der Waals surface area (Å²) in [6.45, 7) is 3.13. The topological polar surface area (TPSA) is 24.1 Å². The van der Waals surface area contributed by atoms with Crippen LogP contribution in [0.4, 0.5) is 10.1 Å². The van der Waals surface area contributed by atoms with Gasteiger partial charge in [0, 0.05) is 11.3 Å². The summed E-state index contributed by atoms with van der Waals surface area (Å²) in [6.07, 6.45) is 2.08. The van der Waals surface area contributed by atoms with E-state index in [0.29, 0.717) is 0 Å². The third-order valence-corrected chi connectivity index (χ3v) is 3.28. The zero-order valence-electron chi connectivity index (χ0n) is 9.23. The zero-order chi connectivity index (χ0) is 10.9. The van der Waals surface area contributed by atoms with Gasteiger partial charge in [-0.15, -0.1) is 0 Å². The van der Waals surface area contributed by atoms with E-state index in [9.17, 15) is 4.39 Å². The van der Waals surface area contributed by atoms with E-state index < -0.39 is 0 Å². The molecule has 0 saturated heterocycles. The molecule has 2 nitrogen and oxygen atoms in total. The van der Waals surface area contributed by atoms with Gasteiger partial charge in [0.15, 0.2) is 0 Å². The Balaban J connectivity index is 2.22. The van der Waals surface area contributed by atoms with E-state index in [1.807, 2.05) is 13.1 Å². The lowest BCUT2D eigenvalue weighted by atomic mass is 9.76. The summed E-state index contributed by atoms with van der Waals surface area (Å²) in [5.74, 6) is -0.167. The van der Waals surface area contributed by atoms with Gasteiger partial charge in [0.1, 0.15) is 5.82 Å². The monoisotopic (exact) mass is 208 g/mol. The minimum atomic E-state index is -0.167. The summed E-state index contributed by atoms with van der Waals surface area (Å²) in [6, 6.07) is 5.02. The molecule has 1 unspecified atom stereocenters. The number of benzene rings is 1. The molecule has 0 aromatic heterocycles.